The summed E-state index contributed by atoms with van der Waals surface area (Å²) in [4.78, 5) is 25.5. The number of hydrogen-bond donors (Lipinski definition) is 1. The summed E-state index contributed by atoms with van der Waals surface area (Å²) in [5.74, 6) is -1.26. The van der Waals surface area contributed by atoms with Crippen LogP contribution in [0.4, 0.5) is 13.2 Å². The van der Waals surface area contributed by atoms with E-state index in [0.717, 1.165) is 25.0 Å². The number of aromatic nitrogens is 2. The maximum Gasteiger partial charge on any atom is 0.416 e. The summed E-state index contributed by atoms with van der Waals surface area (Å²) in [5, 5.41) is 6.18. The largest absolute Gasteiger partial charge is 0.451 e. The molecule has 0 bridgehead atoms. The first-order valence-corrected chi connectivity index (χ1v) is 7.36. The lowest BCUT2D eigenvalue weighted by molar-refractivity contribution is -0.137. The maximum atomic E-state index is 12.8. The molecule has 2 aromatic rings. The molecule has 0 radical (unpaired) electrons. The van der Waals surface area contributed by atoms with Gasteiger partial charge in [0.2, 0.25) is 0 Å². The van der Waals surface area contributed by atoms with Crippen LogP contribution in [0.25, 0.3) is 10.9 Å². The molecule has 0 aliphatic carbocycles. The predicted octanol–water partition coefficient (Wildman–Crippen LogP) is 2.36. The Labute approximate surface area is 134 Å². The van der Waals surface area contributed by atoms with Crippen LogP contribution in [-0.2, 0) is 15.7 Å². The van der Waals surface area contributed by atoms with Crippen molar-refractivity contribution in [3.05, 3.63) is 29.5 Å². The van der Waals surface area contributed by atoms with Gasteiger partial charge in [0, 0.05) is 18.5 Å². The van der Waals surface area contributed by atoms with Crippen LogP contribution in [0, 0.1) is 0 Å². The Morgan fingerprint density at radius 3 is 2.62 bits per heavy atom. The number of esters is 1. The molecule has 1 saturated heterocycles. The van der Waals surface area contributed by atoms with Crippen LogP contribution < -0.4 is 0 Å². The Morgan fingerprint density at radius 1 is 1.25 bits per heavy atom. The normalized spacial score (nSPS) is 15.0. The van der Waals surface area contributed by atoms with Crippen molar-refractivity contribution >= 4 is 22.8 Å². The summed E-state index contributed by atoms with van der Waals surface area (Å²) < 4.78 is 43.3. The zero-order valence-corrected chi connectivity index (χ0v) is 12.5. The molecule has 0 saturated carbocycles. The minimum Gasteiger partial charge on any atom is -0.451 e. The molecule has 1 fully saturated rings. The third-order valence-corrected chi connectivity index (χ3v) is 3.87. The molecule has 0 spiro atoms. The van der Waals surface area contributed by atoms with Gasteiger partial charge < -0.3 is 9.64 Å². The highest BCUT2D eigenvalue weighted by molar-refractivity contribution is 6.02. The monoisotopic (exact) mass is 341 g/mol. The van der Waals surface area contributed by atoms with Gasteiger partial charge in [-0.15, -0.1) is 0 Å². The second-order valence-electron chi connectivity index (χ2n) is 5.49. The van der Waals surface area contributed by atoms with Crippen molar-refractivity contribution < 1.29 is 27.5 Å². The molecule has 1 amide bonds. The lowest BCUT2D eigenvalue weighted by Crippen LogP contribution is -2.32. The highest BCUT2D eigenvalue weighted by Crippen LogP contribution is 2.31. The first-order chi connectivity index (χ1) is 11.4. The van der Waals surface area contributed by atoms with Crippen LogP contribution in [0.1, 0.15) is 28.9 Å². The number of H-pyrrole nitrogens is 1. The average molecular weight is 341 g/mol. The van der Waals surface area contributed by atoms with E-state index in [1.807, 2.05) is 0 Å². The number of hydrogen-bond acceptors (Lipinski definition) is 4. The Kier molecular flexibility index (Phi) is 4.16. The summed E-state index contributed by atoms with van der Waals surface area (Å²) >= 11 is 0. The fraction of sp³-hybridized carbons (Fsp3) is 0.400. The van der Waals surface area contributed by atoms with Crippen molar-refractivity contribution in [3.63, 3.8) is 0 Å². The number of carbonyl (C=O) groups excluding carboxylic acids is 2. The van der Waals surface area contributed by atoms with E-state index in [4.69, 9.17) is 4.74 Å². The summed E-state index contributed by atoms with van der Waals surface area (Å²) in [7, 11) is 0. The number of fused-ring (bicyclic) bond motifs is 1. The van der Waals surface area contributed by atoms with Crippen LogP contribution >= 0.6 is 0 Å². The number of aromatic amines is 1. The molecule has 1 aromatic carbocycles. The molecule has 0 unspecified atom stereocenters. The third kappa shape index (κ3) is 3.19. The number of carbonyl (C=O) groups is 2. The second kappa shape index (κ2) is 6.14. The van der Waals surface area contributed by atoms with Crippen molar-refractivity contribution in [1.29, 1.82) is 0 Å². The van der Waals surface area contributed by atoms with E-state index in [1.54, 1.807) is 4.90 Å². The van der Waals surface area contributed by atoms with Crippen LogP contribution in [0.15, 0.2) is 18.2 Å². The molecule has 1 aliphatic rings. The van der Waals surface area contributed by atoms with Gasteiger partial charge in [0.25, 0.3) is 5.91 Å². The zero-order valence-electron chi connectivity index (χ0n) is 12.5. The molecule has 6 nitrogen and oxygen atoms in total. The third-order valence-electron chi connectivity index (χ3n) is 3.87. The first kappa shape index (κ1) is 16.3. The number of ether oxygens (including phenoxy) is 1. The van der Waals surface area contributed by atoms with Gasteiger partial charge in [0.1, 0.15) is 0 Å². The van der Waals surface area contributed by atoms with Crippen LogP contribution in [-0.4, -0.2) is 46.7 Å². The van der Waals surface area contributed by atoms with Gasteiger partial charge in [-0.1, -0.05) is 0 Å². The second-order valence-corrected chi connectivity index (χ2v) is 5.49. The van der Waals surface area contributed by atoms with Crippen LogP contribution in [0.2, 0.25) is 0 Å². The van der Waals surface area contributed by atoms with E-state index in [1.165, 1.54) is 6.07 Å². The fourth-order valence-corrected chi connectivity index (χ4v) is 2.60. The highest BCUT2D eigenvalue weighted by Gasteiger charge is 2.31. The van der Waals surface area contributed by atoms with Crippen molar-refractivity contribution in [2.45, 2.75) is 19.0 Å². The van der Waals surface area contributed by atoms with Crippen molar-refractivity contribution in [1.82, 2.24) is 15.1 Å². The summed E-state index contributed by atoms with van der Waals surface area (Å²) in [6.45, 7) is 0.791. The van der Waals surface area contributed by atoms with E-state index in [2.05, 4.69) is 10.2 Å². The number of nitrogens with one attached hydrogen (secondary N) is 1. The van der Waals surface area contributed by atoms with E-state index < -0.39 is 24.3 Å². The van der Waals surface area contributed by atoms with Gasteiger partial charge in [0.05, 0.1) is 11.1 Å². The lowest BCUT2D eigenvalue weighted by atomic mass is 10.1. The molecule has 128 valence electrons. The van der Waals surface area contributed by atoms with Crippen LogP contribution in [0.3, 0.4) is 0 Å². The number of amides is 1. The van der Waals surface area contributed by atoms with E-state index in [-0.39, 0.29) is 22.5 Å². The number of halogens is 3. The van der Waals surface area contributed by atoms with Crippen molar-refractivity contribution in [2.75, 3.05) is 19.7 Å². The topological polar surface area (TPSA) is 75.3 Å². The smallest absolute Gasteiger partial charge is 0.416 e. The molecule has 0 atom stereocenters. The van der Waals surface area contributed by atoms with E-state index in [0.29, 0.717) is 13.1 Å². The Hall–Kier alpha value is -2.58. The molecule has 2 heterocycles. The predicted molar refractivity (Wildman–Crippen MR) is 77.2 cm³/mol. The molecular weight excluding hydrogens is 327 g/mol. The number of alkyl halides is 3. The Morgan fingerprint density at radius 2 is 1.96 bits per heavy atom. The van der Waals surface area contributed by atoms with Crippen molar-refractivity contribution in [2.24, 2.45) is 0 Å². The van der Waals surface area contributed by atoms with Gasteiger partial charge in [-0.2, -0.15) is 18.3 Å². The highest BCUT2D eigenvalue weighted by atomic mass is 19.4. The standard InChI is InChI=1S/C15H14F3N3O3/c16-15(17,18)9-3-4-11-10(7-9)13(20-19-11)14(23)24-8-12(22)21-5-1-2-6-21/h3-4,7H,1-2,5-6,8H2,(H,19,20). The van der Waals surface area contributed by atoms with Gasteiger partial charge in [-0.05, 0) is 31.0 Å². The van der Waals surface area contributed by atoms with Crippen molar-refractivity contribution in [3.8, 4) is 0 Å². The molecule has 1 aliphatic heterocycles. The molecule has 3 rings (SSSR count). The summed E-state index contributed by atoms with van der Waals surface area (Å²) in [6, 6.07) is 2.92. The molecular formula is C15H14F3N3O3. The first-order valence-electron chi connectivity index (χ1n) is 7.36. The minimum atomic E-state index is -4.53. The number of likely N-dealkylation sites (tertiary alicyclic amines) is 1. The van der Waals surface area contributed by atoms with Crippen LogP contribution in [0.5, 0.6) is 0 Å². The Balaban J connectivity index is 1.75. The van der Waals surface area contributed by atoms with Gasteiger partial charge in [-0.3, -0.25) is 9.89 Å². The summed E-state index contributed by atoms with van der Waals surface area (Å²) in [6.07, 6.45) is -2.72. The average Bonchev–Trinajstić information content (AvgIpc) is 3.20. The molecule has 1 aromatic heterocycles. The van der Waals surface area contributed by atoms with E-state index >= 15 is 0 Å². The molecule has 24 heavy (non-hydrogen) atoms. The molecule has 9 heteroatoms. The number of nitrogens with zero attached hydrogens (tertiary/aromatic N) is 2. The number of rotatable bonds is 3. The minimum absolute atomic E-state index is 0.00319. The SMILES string of the molecule is O=C(OCC(=O)N1CCCC1)c1n[nH]c2ccc(C(F)(F)F)cc12. The quantitative estimate of drug-likeness (QED) is 0.870. The summed E-state index contributed by atoms with van der Waals surface area (Å²) in [5.41, 5.74) is -0.885. The number of benzene rings is 1. The molecule has 1 N–H and O–H groups in total. The Bertz CT molecular complexity index is 779. The lowest BCUT2D eigenvalue weighted by Gasteiger charge is -2.14. The maximum absolute atomic E-state index is 12.8. The van der Waals surface area contributed by atoms with Gasteiger partial charge in [0.15, 0.2) is 12.3 Å². The van der Waals surface area contributed by atoms with E-state index in [9.17, 15) is 22.8 Å². The zero-order chi connectivity index (χ0) is 17.3. The van der Waals surface area contributed by atoms with Gasteiger partial charge >= 0.3 is 12.1 Å². The van der Waals surface area contributed by atoms with Gasteiger partial charge in [-0.25, -0.2) is 4.79 Å². The fourth-order valence-electron chi connectivity index (χ4n) is 2.60.